The Bertz CT molecular complexity index is 747. The van der Waals surface area contributed by atoms with Gasteiger partial charge >= 0.3 is 5.97 Å². The second-order valence-electron chi connectivity index (χ2n) is 4.65. The molecule has 2 amide bonds. The number of primary amides is 1. The number of anilines is 1. The fourth-order valence-corrected chi connectivity index (χ4v) is 1.95. The van der Waals surface area contributed by atoms with Crippen molar-refractivity contribution in [3.05, 3.63) is 29.8 Å². The van der Waals surface area contributed by atoms with Crippen LogP contribution >= 0.6 is 0 Å². The van der Waals surface area contributed by atoms with Crippen LogP contribution in [0.15, 0.2) is 18.5 Å². The lowest BCUT2D eigenvalue weighted by Crippen LogP contribution is -2.21. The molecule has 122 valence electrons. The summed E-state index contributed by atoms with van der Waals surface area (Å²) < 4.78 is 2.75. The number of hydrogen-bond acceptors (Lipinski definition) is 5. The van der Waals surface area contributed by atoms with Gasteiger partial charge in [-0.25, -0.2) is 0 Å². The molecule has 10 nitrogen and oxygen atoms in total. The number of amides is 2. The molecule has 2 aromatic heterocycles. The molecule has 10 heteroatoms. The molecule has 2 aromatic rings. The van der Waals surface area contributed by atoms with Crippen LogP contribution < -0.4 is 11.1 Å². The monoisotopic (exact) mass is 320 g/mol. The lowest BCUT2D eigenvalue weighted by atomic mass is 10.3. The van der Waals surface area contributed by atoms with Crippen molar-refractivity contribution in [2.24, 2.45) is 5.73 Å². The molecule has 0 aliphatic carbocycles. The number of nitrogens with two attached hydrogens (primary N) is 1. The molecule has 0 aliphatic rings. The number of aromatic nitrogens is 4. The van der Waals surface area contributed by atoms with Gasteiger partial charge in [0.05, 0.1) is 18.7 Å². The number of carboxylic acid groups (broad SMARTS) is 1. The van der Waals surface area contributed by atoms with E-state index < -0.39 is 17.8 Å². The Morgan fingerprint density at radius 2 is 2.13 bits per heavy atom. The van der Waals surface area contributed by atoms with Gasteiger partial charge in [0, 0.05) is 18.9 Å². The zero-order valence-corrected chi connectivity index (χ0v) is 12.4. The molecule has 0 bridgehead atoms. The van der Waals surface area contributed by atoms with E-state index >= 15 is 0 Å². The predicted octanol–water partition coefficient (Wildman–Crippen LogP) is -0.0746. The van der Waals surface area contributed by atoms with Crippen LogP contribution in [0.5, 0.6) is 0 Å². The summed E-state index contributed by atoms with van der Waals surface area (Å²) in [5, 5.41) is 19.1. The summed E-state index contributed by atoms with van der Waals surface area (Å²) in [5.41, 5.74) is 5.56. The minimum atomic E-state index is -0.993. The van der Waals surface area contributed by atoms with Gasteiger partial charge in [-0.1, -0.05) is 0 Å². The number of carbonyl (C=O) groups excluding carboxylic acids is 2. The van der Waals surface area contributed by atoms with Crippen LogP contribution in [-0.2, 0) is 17.9 Å². The van der Waals surface area contributed by atoms with Crippen molar-refractivity contribution >= 4 is 23.5 Å². The van der Waals surface area contributed by atoms with Gasteiger partial charge in [-0.2, -0.15) is 10.2 Å². The maximum atomic E-state index is 12.3. The molecule has 0 radical (unpaired) electrons. The van der Waals surface area contributed by atoms with Gasteiger partial charge in [0.15, 0.2) is 5.69 Å². The highest BCUT2D eigenvalue weighted by Crippen LogP contribution is 2.15. The summed E-state index contributed by atoms with van der Waals surface area (Å²) in [6, 6.07) is 1.45. The van der Waals surface area contributed by atoms with Crippen molar-refractivity contribution in [2.45, 2.75) is 26.4 Å². The quantitative estimate of drug-likeness (QED) is 0.651. The Kier molecular flexibility index (Phi) is 4.74. The van der Waals surface area contributed by atoms with Crippen molar-refractivity contribution < 1.29 is 19.5 Å². The van der Waals surface area contributed by atoms with E-state index in [-0.39, 0.29) is 30.0 Å². The van der Waals surface area contributed by atoms with Gasteiger partial charge in [0.1, 0.15) is 5.69 Å². The van der Waals surface area contributed by atoms with Crippen LogP contribution in [0.4, 0.5) is 5.69 Å². The molecule has 0 fully saturated rings. The van der Waals surface area contributed by atoms with E-state index in [1.807, 2.05) is 6.92 Å². The summed E-state index contributed by atoms with van der Waals surface area (Å²) >= 11 is 0. The van der Waals surface area contributed by atoms with Crippen molar-refractivity contribution in [1.29, 1.82) is 0 Å². The average Bonchev–Trinajstić information content (AvgIpc) is 3.11. The highest BCUT2D eigenvalue weighted by molar-refractivity contribution is 6.07. The summed E-state index contributed by atoms with van der Waals surface area (Å²) in [4.78, 5) is 34.3. The van der Waals surface area contributed by atoms with Crippen molar-refractivity contribution in [1.82, 2.24) is 19.6 Å². The van der Waals surface area contributed by atoms with E-state index in [9.17, 15) is 14.4 Å². The first-order valence-electron chi connectivity index (χ1n) is 6.84. The minimum Gasteiger partial charge on any atom is -0.481 e. The largest absolute Gasteiger partial charge is 0.481 e. The lowest BCUT2D eigenvalue weighted by molar-refractivity contribution is -0.137. The summed E-state index contributed by atoms with van der Waals surface area (Å²) in [6.07, 6.45) is 2.72. The Hall–Kier alpha value is -3.17. The molecule has 2 rings (SSSR count). The zero-order valence-electron chi connectivity index (χ0n) is 12.4. The summed E-state index contributed by atoms with van der Waals surface area (Å²) in [5.74, 6) is -2.29. The number of nitrogens with one attached hydrogen (secondary N) is 1. The van der Waals surface area contributed by atoms with Crippen molar-refractivity contribution in [3.8, 4) is 0 Å². The fourth-order valence-electron chi connectivity index (χ4n) is 1.95. The van der Waals surface area contributed by atoms with E-state index in [0.29, 0.717) is 6.54 Å². The molecule has 4 N–H and O–H groups in total. The van der Waals surface area contributed by atoms with Gasteiger partial charge in [-0.05, 0) is 13.0 Å². The smallest absolute Gasteiger partial charge is 0.305 e. The highest BCUT2D eigenvalue weighted by Gasteiger charge is 2.19. The molecule has 0 saturated carbocycles. The van der Waals surface area contributed by atoms with Gasteiger partial charge < -0.3 is 16.2 Å². The second-order valence-corrected chi connectivity index (χ2v) is 4.65. The van der Waals surface area contributed by atoms with Crippen LogP contribution in [0, 0.1) is 0 Å². The topological polar surface area (TPSA) is 145 Å². The Morgan fingerprint density at radius 1 is 1.39 bits per heavy atom. The van der Waals surface area contributed by atoms with E-state index in [1.165, 1.54) is 27.8 Å². The third-order valence-corrected chi connectivity index (χ3v) is 3.05. The normalized spacial score (nSPS) is 10.5. The van der Waals surface area contributed by atoms with Crippen LogP contribution in [0.3, 0.4) is 0 Å². The Balaban J connectivity index is 2.20. The number of nitrogens with zero attached hydrogens (tertiary/aromatic N) is 4. The third-order valence-electron chi connectivity index (χ3n) is 3.05. The zero-order chi connectivity index (χ0) is 17.0. The van der Waals surface area contributed by atoms with E-state index in [2.05, 4.69) is 15.5 Å². The predicted molar refractivity (Wildman–Crippen MR) is 78.9 cm³/mol. The molecule has 0 saturated heterocycles. The number of rotatable bonds is 7. The van der Waals surface area contributed by atoms with E-state index in [1.54, 1.807) is 0 Å². The molecule has 0 aliphatic heterocycles. The Morgan fingerprint density at radius 3 is 2.74 bits per heavy atom. The summed E-state index contributed by atoms with van der Waals surface area (Å²) in [6.45, 7) is 2.39. The molecular formula is C13H16N6O4. The number of carboxylic acids is 1. The average molecular weight is 320 g/mol. The van der Waals surface area contributed by atoms with Gasteiger partial charge in [-0.3, -0.25) is 23.7 Å². The van der Waals surface area contributed by atoms with Crippen LogP contribution in [0.2, 0.25) is 0 Å². The second kappa shape index (κ2) is 6.73. The van der Waals surface area contributed by atoms with E-state index in [4.69, 9.17) is 10.8 Å². The maximum absolute atomic E-state index is 12.3. The van der Waals surface area contributed by atoms with E-state index in [0.717, 1.165) is 0 Å². The molecule has 0 spiro atoms. The number of hydrogen-bond donors (Lipinski definition) is 3. The lowest BCUT2D eigenvalue weighted by Gasteiger charge is -2.06. The maximum Gasteiger partial charge on any atom is 0.305 e. The Labute approximate surface area is 130 Å². The van der Waals surface area contributed by atoms with Gasteiger partial charge in [0.25, 0.3) is 11.8 Å². The van der Waals surface area contributed by atoms with Gasteiger partial charge in [-0.15, -0.1) is 0 Å². The van der Waals surface area contributed by atoms with Gasteiger partial charge in [0.2, 0.25) is 0 Å². The van der Waals surface area contributed by atoms with Crippen LogP contribution in [-0.4, -0.2) is 42.5 Å². The number of aryl methyl sites for hydroxylation is 2. The standard InChI is InChI=1S/C13H16N6O4/c1-2-18-7-8(11(17-18)12(14)22)16-13(23)9-3-5-15-19(9)6-4-10(20)21/h3,5,7H,2,4,6H2,1H3,(H2,14,22)(H,16,23)(H,20,21). The molecule has 23 heavy (non-hydrogen) atoms. The fraction of sp³-hybridized carbons (Fsp3) is 0.308. The highest BCUT2D eigenvalue weighted by atomic mass is 16.4. The molecule has 2 heterocycles. The molecule has 0 unspecified atom stereocenters. The number of aliphatic carboxylic acids is 1. The molecule has 0 aromatic carbocycles. The van der Waals surface area contributed by atoms with Crippen LogP contribution in [0.25, 0.3) is 0 Å². The van der Waals surface area contributed by atoms with Crippen LogP contribution in [0.1, 0.15) is 34.3 Å². The molecule has 0 atom stereocenters. The first-order valence-corrected chi connectivity index (χ1v) is 6.84. The molecular weight excluding hydrogens is 304 g/mol. The minimum absolute atomic E-state index is 0.0446. The number of carbonyl (C=O) groups is 3. The first-order chi connectivity index (χ1) is 10.9. The first kappa shape index (κ1) is 16.2. The third kappa shape index (κ3) is 3.73. The van der Waals surface area contributed by atoms with Crippen molar-refractivity contribution in [3.63, 3.8) is 0 Å². The SMILES string of the molecule is CCn1cc(NC(=O)c2ccnn2CCC(=O)O)c(C(N)=O)n1. The summed E-state index contributed by atoms with van der Waals surface area (Å²) in [7, 11) is 0. The van der Waals surface area contributed by atoms with Crippen molar-refractivity contribution in [2.75, 3.05) is 5.32 Å².